The molecule has 0 N–H and O–H groups in total. The highest BCUT2D eigenvalue weighted by atomic mass is 19.1. The Morgan fingerprint density at radius 3 is 2.59 bits per heavy atom. The highest BCUT2D eigenvalue weighted by molar-refractivity contribution is 5.84. The average Bonchev–Trinajstić information content (AvgIpc) is 2.82. The molecule has 2 saturated heterocycles. The molecule has 170 valence electrons. The Kier molecular flexibility index (Phi) is 7.05. The number of hydrogen-bond donors (Lipinski definition) is 0. The number of benzene rings is 2. The molecular formula is C25H30FN3O3. The smallest absolute Gasteiger partial charge is 0.227 e. The molecule has 2 amide bonds. The molecule has 0 saturated carbocycles. The maximum absolute atomic E-state index is 14.0. The fourth-order valence-corrected chi connectivity index (χ4v) is 4.52. The first kappa shape index (κ1) is 22.3. The standard InChI is InChI=1S/C25H30FN3O3/c1-32-22-7-4-5-19(15-22)16-27-11-13-28(14-12-27)25(31)21-9-10-24(30)29(18-21)17-20-6-2-3-8-23(20)26/h2-8,15,21H,9-14,16-18H2,1H3/t21-/m0/s1. The third-order valence-corrected chi connectivity index (χ3v) is 6.39. The highest BCUT2D eigenvalue weighted by Crippen LogP contribution is 2.23. The van der Waals surface area contributed by atoms with E-state index in [0.717, 1.165) is 25.4 Å². The SMILES string of the molecule is COc1cccc(CN2CCN(C(=O)[C@H]3CCC(=O)N(Cc4ccccc4F)C3)CC2)c1. The first-order valence-electron chi connectivity index (χ1n) is 11.2. The van der Waals surface area contributed by atoms with E-state index in [1.807, 2.05) is 23.1 Å². The second-order valence-electron chi connectivity index (χ2n) is 8.55. The number of rotatable bonds is 6. The van der Waals surface area contributed by atoms with Crippen LogP contribution in [0.3, 0.4) is 0 Å². The Morgan fingerprint density at radius 1 is 1.06 bits per heavy atom. The lowest BCUT2D eigenvalue weighted by atomic mass is 9.95. The molecule has 2 aromatic carbocycles. The third kappa shape index (κ3) is 5.27. The highest BCUT2D eigenvalue weighted by Gasteiger charge is 2.34. The van der Waals surface area contributed by atoms with Crippen LogP contribution in [0, 0.1) is 11.7 Å². The van der Waals surface area contributed by atoms with E-state index < -0.39 is 0 Å². The Labute approximate surface area is 188 Å². The Morgan fingerprint density at radius 2 is 1.84 bits per heavy atom. The number of halogens is 1. The lowest BCUT2D eigenvalue weighted by Gasteiger charge is -2.39. The summed E-state index contributed by atoms with van der Waals surface area (Å²) in [6.07, 6.45) is 0.899. The number of hydrogen-bond acceptors (Lipinski definition) is 4. The summed E-state index contributed by atoms with van der Waals surface area (Å²) in [6, 6.07) is 14.5. The summed E-state index contributed by atoms with van der Waals surface area (Å²) in [5.74, 6) is 0.408. The topological polar surface area (TPSA) is 53.1 Å². The molecule has 1 atom stereocenters. The monoisotopic (exact) mass is 439 g/mol. The molecule has 0 aliphatic carbocycles. The molecule has 2 aromatic rings. The molecule has 2 fully saturated rings. The number of amides is 2. The number of ether oxygens (including phenoxy) is 1. The van der Waals surface area contributed by atoms with Gasteiger partial charge in [-0.1, -0.05) is 30.3 Å². The van der Waals surface area contributed by atoms with Gasteiger partial charge in [0.2, 0.25) is 11.8 Å². The van der Waals surface area contributed by atoms with Gasteiger partial charge >= 0.3 is 0 Å². The van der Waals surface area contributed by atoms with Gasteiger partial charge in [-0.15, -0.1) is 0 Å². The second kappa shape index (κ2) is 10.1. The van der Waals surface area contributed by atoms with E-state index in [1.165, 1.54) is 11.6 Å². The van der Waals surface area contributed by atoms with Crippen molar-refractivity contribution >= 4 is 11.8 Å². The first-order valence-corrected chi connectivity index (χ1v) is 11.2. The zero-order valence-corrected chi connectivity index (χ0v) is 18.5. The molecule has 0 bridgehead atoms. The van der Waals surface area contributed by atoms with E-state index in [9.17, 15) is 14.0 Å². The molecule has 2 heterocycles. The van der Waals surface area contributed by atoms with Crippen molar-refractivity contribution in [2.75, 3.05) is 39.8 Å². The average molecular weight is 440 g/mol. The maximum Gasteiger partial charge on any atom is 0.227 e. The van der Waals surface area contributed by atoms with Crippen LogP contribution in [0.4, 0.5) is 4.39 Å². The van der Waals surface area contributed by atoms with Gasteiger partial charge in [0.1, 0.15) is 11.6 Å². The number of carbonyl (C=O) groups is 2. The van der Waals surface area contributed by atoms with Gasteiger partial charge in [0.05, 0.1) is 13.0 Å². The van der Waals surface area contributed by atoms with Crippen molar-refractivity contribution in [3.63, 3.8) is 0 Å². The molecule has 7 heteroatoms. The van der Waals surface area contributed by atoms with Gasteiger partial charge in [-0.2, -0.15) is 0 Å². The van der Waals surface area contributed by atoms with Crippen LogP contribution in [0.15, 0.2) is 48.5 Å². The largest absolute Gasteiger partial charge is 0.497 e. The number of carbonyl (C=O) groups excluding carboxylic acids is 2. The van der Waals surface area contributed by atoms with Crippen molar-refractivity contribution in [1.29, 1.82) is 0 Å². The Balaban J connectivity index is 1.30. The van der Waals surface area contributed by atoms with Crippen molar-refractivity contribution in [2.45, 2.75) is 25.9 Å². The summed E-state index contributed by atoms with van der Waals surface area (Å²) >= 11 is 0. The van der Waals surface area contributed by atoms with Gasteiger partial charge in [0, 0.05) is 57.8 Å². The van der Waals surface area contributed by atoms with E-state index in [2.05, 4.69) is 11.0 Å². The molecule has 6 nitrogen and oxygen atoms in total. The van der Waals surface area contributed by atoms with Crippen molar-refractivity contribution in [3.8, 4) is 5.75 Å². The van der Waals surface area contributed by atoms with E-state index in [-0.39, 0.29) is 30.1 Å². The molecular weight excluding hydrogens is 409 g/mol. The predicted molar refractivity (Wildman–Crippen MR) is 119 cm³/mol. The number of likely N-dealkylation sites (tertiary alicyclic amines) is 1. The molecule has 32 heavy (non-hydrogen) atoms. The molecule has 0 aromatic heterocycles. The van der Waals surface area contributed by atoms with E-state index >= 15 is 0 Å². The van der Waals surface area contributed by atoms with Crippen LogP contribution in [0.1, 0.15) is 24.0 Å². The molecule has 4 rings (SSSR count). The minimum atomic E-state index is -0.319. The number of piperidine rings is 1. The first-order chi connectivity index (χ1) is 15.5. The summed E-state index contributed by atoms with van der Waals surface area (Å²) in [6.45, 7) is 4.38. The molecule has 0 radical (unpaired) electrons. The lowest BCUT2D eigenvalue weighted by molar-refractivity contribution is -0.144. The van der Waals surface area contributed by atoms with Gasteiger partial charge in [-0.05, 0) is 30.2 Å². The lowest BCUT2D eigenvalue weighted by Crippen LogP contribution is -2.52. The molecule has 2 aliphatic heterocycles. The summed E-state index contributed by atoms with van der Waals surface area (Å²) in [5.41, 5.74) is 1.68. The number of nitrogens with zero attached hydrogens (tertiary/aromatic N) is 3. The zero-order chi connectivity index (χ0) is 22.5. The summed E-state index contributed by atoms with van der Waals surface area (Å²) in [4.78, 5) is 31.4. The summed E-state index contributed by atoms with van der Waals surface area (Å²) in [5, 5.41) is 0. The third-order valence-electron chi connectivity index (χ3n) is 6.39. The van der Waals surface area contributed by atoms with Gasteiger partial charge in [0.25, 0.3) is 0 Å². The van der Waals surface area contributed by atoms with Gasteiger partial charge in [0.15, 0.2) is 0 Å². The van der Waals surface area contributed by atoms with Crippen molar-refractivity contribution in [2.24, 2.45) is 5.92 Å². The zero-order valence-electron chi connectivity index (χ0n) is 18.5. The normalized spacial score (nSPS) is 19.8. The van der Waals surface area contributed by atoms with E-state index in [4.69, 9.17) is 4.74 Å². The van der Waals surface area contributed by atoms with Crippen molar-refractivity contribution in [1.82, 2.24) is 14.7 Å². The van der Waals surface area contributed by atoms with E-state index in [0.29, 0.717) is 38.0 Å². The van der Waals surface area contributed by atoms with Crippen molar-refractivity contribution < 1.29 is 18.7 Å². The minimum absolute atomic E-state index is 0.0135. The van der Waals surface area contributed by atoms with Crippen LogP contribution in [0.25, 0.3) is 0 Å². The number of methoxy groups -OCH3 is 1. The molecule has 0 unspecified atom stereocenters. The van der Waals surface area contributed by atoms with Crippen LogP contribution in [0.5, 0.6) is 5.75 Å². The fraction of sp³-hybridized carbons (Fsp3) is 0.440. The predicted octanol–water partition coefficient (Wildman–Crippen LogP) is 2.92. The minimum Gasteiger partial charge on any atom is -0.497 e. The van der Waals surface area contributed by atoms with Crippen LogP contribution in [-0.4, -0.2) is 66.3 Å². The second-order valence-corrected chi connectivity index (χ2v) is 8.55. The maximum atomic E-state index is 14.0. The van der Waals surface area contributed by atoms with Gasteiger partial charge in [-0.25, -0.2) is 4.39 Å². The van der Waals surface area contributed by atoms with Gasteiger partial charge < -0.3 is 14.5 Å². The van der Waals surface area contributed by atoms with Crippen molar-refractivity contribution in [3.05, 3.63) is 65.5 Å². The van der Waals surface area contributed by atoms with Crippen LogP contribution in [-0.2, 0) is 22.7 Å². The Hall–Kier alpha value is -2.93. The molecule has 2 aliphatic rings. The van der Waals surface area contributed by atoms with E-state index in [1.54, 1.807) is 30.2 Å². The van der Waals surface area contributed by atoms with Crippen LogP contribution >= 0.6 is 0 Å². The summed E-state index contributed by atoms with van der Waals surface area (Å²) in [7, 11) is 1.67. The van der Waals surface area contributed by atoms with Gasteiger partial charge in [-0.3, -0.25) is 14.5 Å². The quantitative estimate of drug-likeness (QED) is 0.695. The molecule has 0 spiro atoms. The summed E-state index contributed by atoms with van der Waals surface area (Å²) < 4.78 is 19.3. The number of piperazine rings is 1. The Bertz CT molecular complexity index is 959. The van der Waals surface area contributed by atoms with Crippen LogP contribution in [0.2, 0.25) is 0 Å². The van der Waals surface area contributed by atoms with Crippen LogP contribution < -0.4 is 4.74 Å². The fourth-order valence-electron chi connectivity index (χ4n) is 4.52.